The van der Waals surface area contributed by atoms with Gasteiger partial charge in [0.25, 0.3) is 0 Å². The highest BCUT2D eigenvalue weighted by Gasteiger charge is 2.66. The van der Waals surface area contributed by atoms with Gasteiger partial charge < -0.3 is 4.74 Å². The van der Waals surface area contributed by atoms with Crippen LogP contribution in [0.15, 0.2) is 30.3 Å². The van der Waals surface area contributed by atoms with Gasteiger partial charge in [0.15, 0.2) is 0 Å². The average molecular weight is 386 g/mol. The molecule has 0 saturated heterocycles. The van der Waals surface area contributed by atoms with Gasteiger partial charge >= 0.3 is 30.2 Å². The Morgan fingerprint density at radius 3 is 1.72 bits per heavy atom. The van der Waals surface area contributed by atoms with Crippen molar-refractivity contribution in [3.05, 3.63) is 35.9 Å². The first kappa shape index (κ1) is 21.0. The van der Waals surface area contributed by atoms with Crippen LogP contribution in [0.25, 0.3) is 0 Å². The van der Waals surface area contributed by atoms with Crippen molar-refractivity contribution < 1.29 is 53.4 Å². The highest BCUT2D eigenvalue weighted by atomic mass is 19.4. The topological polar surface area (TPSA) is 26.3 Å². The molecule has 0 aliphatic carbocycles. The SMILES string of the molecule is O=C(OC(CC(F)(F)C(F)(F)F)c1ccccc1)C(F)(F)C(F)(F)F. The number of carbonyl (C=O) groups excluding carboxylic acids is 1. The molecule has 0 aromatic heterocycles. The first-order valence-electron chi connectivity index (χ1n) is 6.24. The second-order valence-electron chi connectivity index (χ2n) is 4.78. The zero-order valence-corrected chi connectivity index (χ0v) is 11.8. The van der Waals surface area contributed by atoms with Crippen molar-refractivity contribution in [2.75, 3.05) is 0 Å². The molecular weight excluding hydrogens is 378 g/mol. The summed E-state index contributed by atoms with van der Waals surface area (Å²) >= 11 is 0. The second-order valence-corrected chi connectivity index (χ2v) is 4.78. The molecule has 1 aromatic carbocycles. The number of alkyl halides is 10. The van der Waals surface area contributed by atoms with Crippen molar-refractivity contribution in [2.24, 2.45) is 0 Å². The van der Waals surface area contributed by atoms with Gasteiger partial charge in [-0.2, -0.15) is 43.9 Å². The van der Waals surface area contributed by atoms with Gasteiger partial charge in [0.2, 0.25) is 0 Å². The molecule has 0 radical (unpaired) electrons. The van der Waals surface area contributed by atoms with Crippen LogP contribution in [0.1, 0.15) is 18.1 Å². The number of esters is 1. The number of carbonyl (C=O) groups is 1. The minimum absolute atomic E-state index is 0.613. The normalized spacial score (nSPS) is 15.0. The fraction of sp³-hybridized carbons (Fsp3) is 0.462. The minimum Gasteiger partial charge on any atom is -0.453 e. The molecule has 1 aromatic rings. The summed E-state index contributed by atoms with van der Waals surface area (Å²) in [5.74, 6) is -14.9. The molecule has 0 aliphatic heterocycles. The highest BCUT2D eigenvalue weighted by Crippen LogP contribution is 2.44. The predicted octanol–water partition coefficient (Wildman–Crippen LogP) is 5.06. The smallest absolute Gasteiger partial charge is 0.453 e. The van der Waals surface area contributed by atoms with E-state index in [0.717, 1.165) is 24.3 Å². The van der Waals surface area contributed by atoms with Crippen LogP contribution < -0.4 is 0 Å². The second kappa shape index (κ2) is 6.71. The van der Waals surface area contributed by atoms with E-state index < -0.39 is 48.3 Å². The molecule has 0 spiro atoms. The molecule has 0 saturated carbocycles. The maximum absolute atomic E-state index is 13.1. The standard InChI is InChI=1S/C13H8F10O2/c14-10(15,12(18,19)20)6-8(7-4-2-1-3-5-7)25-9(24)11(16,17)13(21,22)23/h1-5,8H,6H2. The van der Waals surface area contributed by atoms with Gasteiger partial charge in [0, 0.05) is 0 Å². The molecule has 1 unspecified atom stereocenters. The van der Waals surface area contributed by atoms with Crippen molar-refractivity contribution in [1.29, 1.82) is 0 Å². The molecule has 142 valence electrons. The molecule has 0 bridgehead atoms. The van der Waals surface area contributed by atoms with Gasteiger partial charge in [-0.3, -0.25) is 0 Å². The molecular formula is C13H8F10O2. The Kier molecular flexibility index (Phi) is 5.65. The number of hydrogen-bond donors (Lipinski definition) is 0. The summed E-state index contributed by atoms with van der Waals surface area (Å²) < 4.78 is 129. The number of ether oxygens (including phenoxy) is 1. The van der Waals surface area contributed by atoms with E-state index in [1.54, 1.807) is 0 Å². The summed E-state index contributed by atoms with van der Waals surface area (Å²) in [7, 11) is 0. The van der Waals surface area contributed by atoms with Gasteiger partial charge in [-0.25, -0.2) is 4.79 Å². The molecule has 0 heterocycles. The van der Waals surface area contributed by atoms with Crippen LogP contribution in [-0.4, -0.2) is 30.2 Å². The summed E-state index contributed by atoms with van der Waals surface area (Å²) in [6.07, 6.45) is -17.6. The first-order valence-corrected chi connectivity index (χ1v) is 6.24. The fourth-order valence-corrected chi connectivity index (χ4v) is 1.56. The van der Waals surface area contributed by atoms with Gasteiger partial charge in [0.05, 0.1) is 6.42 Å². The van der Waals surface area contributed by atoms with Crippen molar-refractivity contribution >= 4 is 5.97 Å². The summed E-state index contributed by atoms with van der Waals surface area (Å²) in [6.45, 7) is 0. The largest absolute Gasteiger partial charge is 0.465 e. The maximum Gasteiger partial charge on any atom is 0.465 e. The summed E-state index contributed by atoms with van der Waals surface area (Å²) in [5, 5.41) is 0. The van der Waals surface area contributed by atoms with E-state index in [0.29, 0.717) is 0 Å². The van der Waals surface area contributed by atoms with Crippen LogP contribution >= 0.6 is 0 Å². The van der Waals surface area contributed by atoms with E-state index in [1.807, 2.05) is 0 Å². The molecule has 2 nitrogen and oxygen atoms in total. The van der Waals surface area contributed by atoms with Gasteiger partial charge in [-0.1, -0.05) is 30.3 Å². The quantitative estimate of drug-likeness (QED) is 0.523. The Bertz CT molecular complexity index is 591. The van der Waals surface area contributed by atoms with Crippen LogP contribution in [0.5, 0.6) is 0 Å². The van der Waals surface area contributed by atoms with Crippen molar-refractivity contribution in [2.45, 2.75) is 36.7 Å². The van der Waals surface area contributed by atoms with Gasteiger partial charge in [-0.15, -0.1) is 0 Å². The molecule has 1 rings (SSSR count). The molecule has 0 amide bonds. The third-order valence-electron chi connectivity index (χ3n) is 2.89. The van der Waals surface area contributed by atoms with Crippen molar-refractivity contribution in [1.82, 2.24) is 0 Å². The first-order chi connectivity index (χ1) is 11.1. The van der Waals surface area contributed by atoms with E-state index in [-0.39, 0.29) is 0 Å². The number of hydrogen-bond acceptors (Lipinski definition) is 2. The van der Waals surface area contributed by atoms with Gasteiger partial charge in [0.1, 0.15) is 6.10 Å². The van der Waals surface area contributed by atoms with E-state index in [2.05, 4.69) is 4.74 Å². The maximum atomic E-state index is 13.1. The Hall–Kier alpha value is -2.01. The zero-order chi connectivity index (χ0) is 19.7. The third kappa shape index (κ3) is 4.75. The van der Waals surface area contributed by atoms with Crippen LogP contribution in [0.3, 0.4) is 0 Å². The third-order valence-corrected chi connectivity index (χ3v) is 2.89. The molecule has 12 heteroatoms. The molecule has 0 fully saturated rings. The zero-order valence-electron chi connectivity index (χ0n) is 11.8. The minimum atomic E-state index is -6.40. The Morgan fingerprint density at radius 2 is 1.32 bits per heavy atom. The van der Waals surface area contributed by atoms with Crippen LogP contribution in [-0.2, 0) is 9.53 Å². The molecule has 25 heavy (non-hydrogen) atoms. The van der Waals surface area contributed by atoms with E-state index in [4.69, 9.17) is 0 Å². The Balaban J connectivity index is 3.16. The number of rotatable bonds is 5. The Morgan fingerprint density at radius 1 is 0.840 bits per heavy atom. The Labute approximate surface area is 133 Å². The van der Waals surface area contributed by atoms with Crippen LogP contribution in [0, 0.1) is 0 Å². The van der Waals surface area contributed by atoms with Crippen molar-refractivity contribution in [3.8, 4) is 0 Å². The highest BCUT2D eigenvalue weighted by molar-refractivity contribution is 5.78. The number of benzene rings is 1. The lowest BCUT2D eigenvalue weighted by Crippen LogP contribution is -2.46. The van der Waals surface area contributed by atoms with Crippen LogP contribution in [0.2, 0.25) is 0 Å². The van der Waals surface area contributed by atoms with E-state index in [9.17, 15) is 48.7 Å². The average Bonchev–Trinajstić information content (AvgIpc) is 2.44. The molecule has 1 atom stereocenters. The van der Waals surface area contributed by atoms with E-state index in [1.165, 1.54) is 6.07 Å². The lowest BCUT2D eigenvalue weighted by Gasteiger charge is -2.27. The van der Waals surface area contributed by atoms with Crippen molar-refractivity contribution in [3.63, 3.8) is 0 Å². The number of halogens is 10. The summed E-state index contributed by atoms with van der Waals surface area (Å²) in [4.78, 5) is 11.0. The van der Waals surface area contributed by atoms with Crippen LogP contribution in [0.4, 0.5) is 43.9 Å². The van der Waals surface area contributed by atoms with Gasteiger partial charge in [-0.05, 0) is 5.56 Å². The monoisotopic (exact) mass is 386 g/mol. The summed E-state index contributed by atoms with van der Waals surface area (Å²) in [5.41, 5.74) is -0.613. The summed E-state index contributed by atoms with van der Waals surface area (Å²) in [6, 6.07) is 5.06. The molecule has 0 aliphatic rings. The molecule has 0 N–H and O–H groups in total. The lowest BCUT2D eigenvalue weighted by atomic mass is 10.0. The predicted molar refractivity (Wildman–Crippen MR) is 61.9 cm³/mol. The fourth-order valence-electron chi connectivity index (χ4n) is 1.56. The van der Waals surface area contributed by atoms with E-state index >= 15 is 0 Å². The lowest BCUT2D eigenvalue weighted by molar-refractivity contribution is -0.298.